The lowest BCUT2D eigenvalue weighted by molar-refractivity contribution is 0.415. The first-order valence-corrected chi connectivity index (χ1v) is 8.32. The summed E-state index contributed by atoms with van der Waals surface area (Å²) in [5.41, 5.74) is 10.4. The van der Waals surface area contributed by atoms with E-state index in [0.717, 1.165) is 19.3 Å². The molecule has 0 heterocycles. The maximum absolute atomic E-state index is 6.47. The van der Waals surface area contributed by atoms with Gasteiger partial charge in [-0.15, -0.1) is 0 Å². The molecule has 0 aliphatic heterocycles. The van der Waals surface area contributed by atoms with Crippen molar-refractivity contribution in [2.75, 3.05) is 0 Å². The first-order chi connectivity index (χ1) is 10.7. The Kier molecular flexibility index (Phi) is 4.44. The largest absolute Gasteiger partial charge is 0.325 e. The lowest BCUT2D eigenvalue weighted by Crippen LogP contribution is -2.35. The summed E-state index contributed by atoms with van der Waals surface area (Å²) in [6, 6.07) is 21.4. The van der Waals surface area contributed by atoms with E-state index in [1.54, 1.807) is 0 Å². The molecule has 1 aliphatic rings. The van der Waals surface area contributed by atoms with Crippen molar-refractivity contribution in [2.45, 2.75) is 38.1 Å². The van der Waals surface area contributed by atoms with Gasteiger partial charge in [0.25, 0.3) is 0 Å². The van der Waals surface area contributed by atoms with Gasteiger partial charge in [-0.1, -0.05) is 73.7 Å². The van der Waals surface area contributed by atoms with Crippen LogP contribution in [0.2, 0.25) is 0 Å². The molecule has 2 unspecified atom stereocenters. The fraction of sp³-hybridized carbons (Fsp3) is 0.333. The van der Waals surface area contributed by atoms with E-state index in [1.165, 1.54) is 23.1 Å². The molecule has 0 bridgehead atoms. The molecule has 2 aromatic carbocycles. The van der Waals surface area contributed by atoms with Gasteiger partial charge in [0.1, 0.15) is 0 Å². The van der Waals surface area contributed by atoms with Crippen LogP contribution in [0.1, 0.15) is 43.7 Å². The number of rotatable bonds is 4. The minimum absolute atomic E-state index is 0.0413. The molecule has 0 saturated heterocycles. The predicted molar refractivity (Wildman–Crippen MR) is 94.5 cm³/mol. The van der Waals surface area contributed by atoms with Crippen molar-refractivity contribution in [2.24, 2.45) is 11.7 Å². The Labute approximate surface area is 133 Å². The quantitative estimate of drug-likeness (QED) is 0.840. The number of nitrogens with two attached hydrogens (primary N) is 1. The van der Waals surface area contributed by atoms with Crippen LogP contribution in [-0.4, -0.2) is 5.54 Å². The first kappa shape index (κ1) is 15.1. The van der Waals surface area contributed by atoms with E-state index >= 15 is 0 Å². The van der Waals surface area contributed by atoms with Gasteiger partial charge in [0.2, 0.25) is 0 Å². The van der Waals surface area contributed by atoms with Gasteiger partial charge in [-0.05, 0) is 48.3 Å². The van der Waals surface area contributed by atoms with Crippen molar-refractivity contribution in [3.8, 4) is 0 Å². The van der Waals surface area contributed by atoms with E-state index in [1.807, 2.05) is 0 Å². The van der Waals surface area contributed by atoms with Crippen molar-refractivity contribution in [1.29, 1.82) is 0 Å². The molecule has 1 saturated carbocycles. The van der Waals surface area contributed by atoms with Crippen molar-refractivity contribution < 1.29 is 0 Å². The molecule has 114 valence electrons. The molecule has 2 aromatic rings. The second kappa shape index (κ2) is 6.50. The van der Waals surface area contributed by atoms with Crippen LogP contribution in [0.15, 0.2) is 66.7 Å². The molecule has 0 amide bonds. The Balaban J connectivity index is 1.95. The van der Waals surface area contributed by atoms with Crippen LogP contribution in [0.25, 0.3) is 5.57 Å². The molecule has 1 nitrogen and oxygen atoms in total. The molecule has 2 N–H and O–H groups in total. The van der Waals surface area contributed by atoms with Gasteiger partial charge in [-0.3, -0.25) is 0 Å². The Morgan fingerprint density at radius 2 is 1.59 bits per heavy atom. The summed E-state index contributed by atoms with van der Waals surface area (Å²) in [6.07, 6.45) is 6.97. The van der Waals surface area contributed by atoms with E-state index in [0.29, 0.717) is 5.92 Å². The third-order valence-electron chi connectivity index (χ3n) is 4.96. The van der Waals surface area contributed by atoms with Crippen LogP contribution in [0.4, 0.5) is 0 Å². The minimum Gasteiger partial charge on any atom is -0.325 e. The molecule has 1 aliphatic carbocycles. The Bertz CT molecular complexity index is 588. The summed E-state index contributed by atoms with van der Waals surface area (Å²) >= 11 is 0. The number of hydrogen-bond donors (Lipinski definition) is 1. The average Bonchev–Trinajstić information content (AvgIpc) is 2.96. The molecule has 3 rings (SSSR count). The van der Waals surface area contributed by atoms with Crippen LogP contribution in [0.5, 0.6) is 0 Å². The van der Waals surface area contributed by atoms with Crippen LogP contribution in [0, 0.1) is 5.92 Å². The van der Waals surface area contributed by atoms with E-state index in [-0.39, 0.29) is 5.54 Å². The number of allylic oxidation sites excluding steroid dienone is 1. The molecular formula is C21H25N. The normalized spacial score (nSPS) is 24.2. The zero-order valence-electron chi connectivity index (χ0n) is 13.3. The van der Waals surface area contributed by atoms with E-state index in [2.05, 4.69) is 73.7 Å². The van der Waals surface area contributed by atoms with Crippen molar-refractivity contribution in [1.82, 2.24) is 0 Å². The lowest BCUT2D eigenvalue weighted by atomic mass is 9.91. The SMILES string of the molecule is CCC1(N)CCC(C=C(c2ccccc2)c2ccccc2)C1. The second-order valence-corrected chi connectivity index (χ2v) is 6.53. The van der Waals surface area contributed by atoms with Gasteiger partial charge in [0.05, 0.1) is 0 Å². The highest BCUT2D eigenvalue weighted by Gasteiger charge is 2.33. The van der Waals surface area contributed by atoms with Gasteiger partial charge in [0.15, 0.2) is 0 Å². The molecule has 0 spiro atoms. The predicted octanol–water partition coefficient (Wildman–Crippen LogP) is 5.03. The zero-order chi connectivity index (χ0) is 15.4. The molecule has 2 atom stereocenters. The molecule has 1 fully saturated rings. The molecule has 0 radical (unpaired) electrons. The Morgan fingerprint density at radius 3 is 2.05 bits per heavy atom. The molecular weight excluding hydrogens is 266 g/mol. The lowest BCUT2D eigenvalue weighted by Gasteiger charge is -2.21. The Morgan fingerprint density at radius 1 is 1.05 bits per heavy atom. The van der Waals surface area contributed by atoms with Crippen LogP contribution >= 0.6 is 0 Å². The third kappa shape index (κ3) is 3.31. The molecule has 1 heteroatoms. The van der Waals surface area contributed by atoms with E-state index in [4.69, 9.17) is 5.73 Å². The van der Waals surface area contributed by atoms with Gasteiger partial charge >= 0.3 is 0 Å². The summed E-state index contributed by atoms with van der Waals surface area (Å²) in [5, 5.41) is 0. The fourth-order valence-corrected chi connectivity index (χ4v) is 3.49. The van der Waals surface area contributed by atoms with E-state index < -0.39 is 0 Å². The second-order valence-electron chi connectivity index (χ2n) is 6.53. The maximum atomic E-state index is 6.47. The van der Waals surface area contributed by atoms with Crippen LogP contribution in [0.3, 0.4) is 0 Å². The highest BCUT2D eigenvalue weighted by Crippen LogP contribution is 2.38. The average molecular weight is 291 g/mol. The molecule has 0 aromatic heterocycles. The van der Waals surface area contributed by atoms with Crippen molar-refractivity contribution in [3.05, 3.63) is 77.9 Å². The Hall–Kier alpha value is -1.86. The third-order valence-corrected chi connectivity index (χ3v) is 4.96. The van der Waals surface area contributed by atoms with Crippen LogP contribution in [-0.2, 0) is 0 Å². The smallest absolute Gasteiger partial charge is 0.0157 e. The zero-order valence-corrected chi connectivity index (χ0v) is 13.3. The summed E-state index contributed by atoms with van der Waals surface area (Å²) in [6.45, 7) is 2.21. The fourth-order valence-electron chi connectivity index (χ4n) is 3.49. The summed E-state index contributed by atoms with van der Waals surface area (Å²) in [4.78, 5) is 0. The number of hydrogen-bond acceptors (Lipinski definition) is 1. The van der Waals surface area contributed by atoms with Crippen molar-refractivity contribution in [3.63, 3.8) is 0 Å². The number of benzene rings is 2. The topological polar surface area (TPSA) is 26.0 Å². The standard InChI is InChI=1S/C21H25N/c1-2-21(22)14-13-17(16-21)15-20(18-9-5-3-6-10-18)19-11-7-4-8-12-19/h3-12,15,17H,2,13-14,16,22H2,1H3. The summed E-state index contributed by atoms with van der Waals surface area (Å²) in [7, 11) is 0. The first-order valence-electron chi connectivity index (χ1n) is 8.32. The van der Waals surface area contributed by atoms with Gasteiger partial charge in [-0.25, -0.2) is 0 Å². The highest BCUT2D eigenvalue weighted by molar-refractivity contribution is 5.79. The summed E-state index contributed by atoms with van der Waals surface area (Å²) in [5.74, 6) is 0.584. The maximum Gasteiger partial charge on any atom is 0.0157 e. The summed E-state index contributed by atoms with van der Waals surface area (Å²) < 4.78 is 0. The van der Waals surface area contributed by atoms with Crippen molar-refractivity contribution >= 4 is 5.57 Å². The molecule has 22 heavy (non-hydrogen) atoms. The van der Waals surface area contributed by atoms with Crippen LogP contribution < -0.4 is 5.73 Å². The monoisotopic (exact) mass is 291 g/mol. The van der Waals surface area contributed by atoms with Gasteiger partial charge in [0, 0.05) is 5.54 Å². The van der Waals surface area contributed by atoms with Gasteiger partial charge in [-0.2, -0.15) is 0 Å². The highest BCUT2D eigenvalue weighted by atomic mass is 14.8. The minimum atomic E-state index is 0.0413. The van der Waals surface area contributed by atoms with E-state index in [9.17, 15) is 0 Å². The van der Waals surface area contributed by atoms with Gasteiger partial charge < -0.3 is 5.73 Å².